The van der Waals surface area contributed by atoms with E-state index in [9.17, 15) is 0 Å². The van der Waals surface area contributed by atoms with Crippen LogP contribution in [0.2, 0.25) is 0 Å². The monoisotopic (exact) mass is 371 g/mol. The summed E-state index contributed by atoms with van der Waals surface area (Å²) >= 11 is 0. The molecule has 0 aromatic heterocycles. The van der Waals surface area contributed by atoms with Gasteiger partial charge < -0.3 is 4.39 Å². The number of likely N-dealkylation sites (tertiary alicyclic amines) is 1. The highest BCUT2D eigenvalue weighted by atomic mass is 15.3. The molecular weight excluding hydrogens is 327 g/mol. The van der Waals surface area contributed by atoms with Gasteiger partial charge in [-0.2, -0.15) is 0 Å². The van der Waals surface area contributed by atoms with Gasteiger partial charge in [-0.3, -0.25) is 4.90 Å². The van der Waals surface area contributed by atoms with E-state index in [0.29, 0.717) is 11.5 Å². The second-order valence-corrected chi connectivity index (χ2v) is 10.3. The lowest BCUT2D eigenvalue weighted by Crippen LogP contribution is -2.71. The molecule has 0 aromatic carbocycles. The second-order valence-electron chi connectivity index (χ2n) is 10.3. The van der Waals surface area contributed by atoms with E-state index in [0.717, 1.165) is 16.2 Å². The Morgan fingerprint density at radius 1 is 1.11 bits per heavy atom. The molecule has 2 saturated heterocycles. The highest BCUT2D eigenvalue weighted by Gasteiger charge is 2.59. The molecule has 3 heteroatoms. The van der Waals surface area contributed by atoms with Gasteiger partial charge in [0.15, 0.2) is 0 Å². The Morgan fingerprint density at radius 2 is 1.81 bits per heavy atom. The molecule has 1 aliphatic carbocycles. The predicted molar refractivity (Wildman–Crippen MR) is 118 cm³/mol. The van der Waals surface area contributed by atoms with Gasteiger partial charge in [0.25, 0.3) is 0 Å². The maximum Gasteiger partial charge on any atom is 0.481 e. The number of quaternary nitrogens is 1. The van der Waals surface area contributed by atoms with Gasteiger partial charge >= 0.3 is 7.98 Å². The fourth-order valence-corrected chi connectivity index (χ4v) is 6.93. The van der Waals surface area contributed by atoms with Crippen LogP contribution >= 0.6 is 0 Å². The van der Waals surface area contributed by atoms with E-state index in [4.69, 9.17) is 7.98 Å². The lowest BCUT2D eigenvalue weighted by molar-refractivity contribution is -0.835. The molecule has 4 aliphatic rings. The molecule has 3 heterocycles. The summed E-state index contributed by atoms with van der Waals surface area (Å²) in [7, 11) is 7.00. The molecule has 27 heavy (non-hydrogen) atoms. The number of fused-ring (bicyclic) bond motifs is 1. The third-order valence-electron chi connectivity index (χ3n) is 8.00. The van der Waals surface area contributed by atoms with Crippen molar-refractivity contribution in [2.45, 2.75) is 91.5 Å². The van der Waals surface area contributed by atoms with Crippen LogP contribution in [0.3, 0.4) is 0 Å². The summed E-state index contributed by atoms with van der Waals surface area (Å²) in [5.74, 6) is 1.61. The smallest absolute Gasteiger partial charge is 0.396 e. The van der Waals surface area contributed by atoms with E-state index in [1.54, 1.807) is 5.57 Å². The molecule has 0 spiro atoms. The molecule has 0 N–H and O–H groups in total. The molecule has 2 bridgehead atoms. The van der Waals surface area contributed by atoms with Gasteiger partial charge in [-0.1, -0.05) is 64.5 Å². The minimum Gasteiger partial charge on any atom is -0.396 e. The Balaban J connectivity index is 1.68. The molecule has 2 fully saturated rings. The molecule has 0 amide bonds. The van der Waals surface area contributed by atoms with Gasteiger partial charge in [-0.05, 0) is 51.0 Å². The van der Waals surface area contributed by atoms with Crippen molar-refractivity contribution < 1.29 is 4.39 Å². The van der Waals surface area contributed by atoms with Crippen molar-refractivity contribution in [2.24, 2.45) is 17.3 Å². The zero-order chi connectivity index (χ0) is 19.5. The first-order chi connectivity index (χ1) is 12.9. The normalized spacial score (nSPS) is 38.7. The highest BCUT2D eigenvalue weighted by molar-refractivity contribution is 5.97. The van der Waals surface area contributed by atoms with E-state index in [-0.39, 0.29) is 0 Å². The van der Waals surface area contributed by atoms with Gasteiger partial charge in [-0.25, -0.2) is 0 Å². The average Bonchev–Trinajstić information content (AvgIpc) is 2.61. The lowest BCUT2D eigenvalue weighted by Gasteiger charge is -2.64. The summed E-state index contributed by atoms with van der Waals surface area (Å²) in [6.45, 7) is 15.7. The number of nitrogens with zero attached hydrogens (tertiary/aromatic N) is 2. The number of piperidine rings is 2. The summed E-state index contributed by atoms with van der Waals surface area (Å²) < 4.78 is 0.830. The molecule has 4 rings (SSSR count). The third-order valence-corrected chi connectivity index (χ3v) is 8.00. The Kier molecular flexibility index (Phi) is 7.17. The van der Waals surface area contributed by atoms with Crippen molar-refractivity contribution >= 4 is 7.98 Å². The maximum atomic E-state index is 7.00. The fourth-order valence-electron chi connectivity index (χ4n) is 6.93. The van der Waals surface area contributed by atoms with Crippen LogP contribution in [0, 0.1) is 17.3 Å². The van der Waals surface area contributed by atoms with E-state index in [1.807, 2.05) is 0 Å². The molecule has 2 nitrogen and oxygen atoms in total. The third kappa shape index (κ3) is 4.50. The average molecular weight is 371 g/mol. The van der Waals surface area contributed by atoms with Crippen LogP contribution in [0.15, 0.2) is 11.6 Å². The first-order valence-electron chi connectivity index (χ1n) is 12.0. The Bertz CT molecular complexity index is 519. The molecule has 0 saturated carbocycles. The second kappa shape index (κ2) is 9.03. The van der Waals surface area contributed by atoms with Gasteiger partial charge in [0.1, 0.15) is 0 Å². The first-order valence-corrected chi connectivity index (χ1v) is 12.0. The summed E-state index contributed by atoms with van der Waals surface area (Å²) in [4.78, 5) is 2.85. The van der Waals surface area contributed by atoms with Gasteiger partial charge in [0, 0.05) is 18.0 Å². The standard InChI is InChI=1S/C24H44BN2/c1-5-7-9-11-14-26-18-21-17-20(3)23(26)24(4)19-27(25,16-13-22(21)24)15-12-10-8-6-2/h17,21-23H,5-16,18-19H2,1-4H3/q+1/t21-,22-,23-,24-,27+/m0/s1. The number of rotatable bonds is 10. The van der Waals surface area contributed by atoms with Crippen LogP contribution in [-0.4, -0.2) is 56.0 Å². The zero-order valence-electron chi connectivity index (χ0n) is 18.7. The Labute approximate surface area is 170 Å². The number of hydrogen-bond donors (Lipinski definition) is 0. The highest BCUT2D eigenvalue weighted by Crippen LogP contribution is 2.55. The van der Waals surface area contributed by atoms with E-state index < -0.39 is 0 Å². The van der Waals surface area contributed by atoms with Gasteiger partial charge in [0.2, 0.25) is 0 Å². The SMILES string of the molecule is [B][N@+]1(CCCCCC)CC[C@H]2[C@H]3C=C(C)[C@H](N(CCCCCC)C3)[C@@]2(C)C1. The molecule has 0 unspecified atom stereocenters. The molecule has 3 aliphatic heterocycles. The van der Waals surface area contributed by atoms with Crippen LogP contribution in [0.1, 0.15) is 85.5 Å². The largest absolute Gasteiger partial charge is 0.481 e. The van der Waals surface area contributed by atoms with Crippen LogP contribution in [0.25, 0.3) is 0 Å². The van der Waals surface area contributed by atoms with Crippen LogP contribution < -0.4 is 0 Å². The van der Waals surface area contributed by atoms with Crippen molar-refractivity contribution in [3.8, 4) is 0 Å². The number of unbranched alkanes of at least 4 members (excludes halogenated alkanes) is 6. The van der Waals surface area contributed by atoms with Crippen molar-refractivity contribution in [1.82, 2.24) is 4.90 Å². The molecule has 152 valence electrons. The summed E-state index contributed by atoms with van der Waals surface area (Å²) in [5, 5.41) is 0. The topological polar surface area (TPSA) is 3.24 Å². The zero-order valence-corrected chi connectivity index (χ0v) is 18.7. The van der Waals surface area contributed by atoms with Gasteiger partial charge in [-0.15, -0.1) is 0 Å². The Morgan fingerprint density at radius 3 is 2.52 bits per heavy atom. The minimum absolute atomic E-state index is 0.365. The lowest BCUT2D eigenvalue weighted by atomic mass is 9.54. The van der Waals surface area contributed by atoms with Crippen molar-refractivity contribution in [2.75, 3.05) is 32.7 Å². The van der Waals surface area contributed by atoms with Crippen molar-refractivity contribution in [3.05, 3.63) is 11.6 Å². The summed E-state index contributed by atoms with van der Waals surface area (Å²) in [6, 6.07) is 0.631. The number of hydrogen-bond acceptors (Lipinski definition) is 1. The van der Waals surface area contributed by atoms with Gasteiger partial charge in [0.05, 0.1) is 19.6 Å². The first kappa shape index (κ1) is 21.4. The van der Waals surface area contributed by atoms with E-state index in [2.05, 4.69) is 38.7 Å². The minimum atomic E-state index is 0.365. The maximum absolute atomic E-state index is 7.00. The fraction of sp³-hybridized carbons (Fsp3) is 0.917. The van der Waals surface area contributed by atoms with E-state index in [1.165, 1.54) is 90.5 Å². The Hall–Kier alpha value is -0.275. The predicted octanol–water partition coefficient (Wildman–Crippen LogP) is 5.33. The molecule has 2 radical (unpaired) electrons. The summed E-state index contributed by atoms with van der Waals surface area (Å²) in [6.07, 6.45) is 14.8. The van der Waals surface area contributed by atoms with Crippen molar-refractivity contribution in [3.63, 3.8) is 0 Å². The quantitative estimate of drug-likeness (QED) is 0.285. The van der Waals surface area contributed by atoms with Crippen LogP contribution in [0.4, 0.5) is 0 Å². The summed E-state index contributed by atoms with van der Waals surface area (Å²) in [5.41, 5.74) is 2.00. The molecular formula is C24H44BN2+. The molecule has 0 aromatic rings. The van der Waals surface area contributed by atoms with Crippen molar-refractivity contribution in [1.29, 1.82) is 0 Å². The van der Waals surface area contributed by atoms with E-state index >= 15 is 0 Å². The molecule has 5 atom stereocenters. The van der Waals surface area contributed by atoms with Crippen LogP contribution in [0.5, 0.6) is 0 Å². The van der Waals surface area contributed by atoms with Crippen LogP contribution in [-0.2, 0) is 0 Å².